The molecule has 2 nitrogen and oxygen atoms in total. The molecule has 0 saturated carbocycles. The Balaban J connectivity index is 2.34. The lowest BCUT2D eigenvalue weighted by atomic mass is 9.99. The van der Waals surface area contributed by atoms with Gasteiger partial charge in [-0.2, -0.15) is 0 Å². The van der Waals surface area contributed by atoms with E-state index in [0.717, 1.165) is 18.6 Å². The summed E-state index contributed by atoms with van der Waals surface area (Å²) in [4.78, 5) is 1.34. The Labute approximate surface area is 116 Å². The van der Waals surface area contributed by atoms with Crippen LogP contribution < -0.4 is 5.32 Å². The Morgan fingerprint density at radius 2 is 1.94 bits per heavy atom. The van der Waals surface area contributed by atoms with Crippen molar-refractivity contribution >= 4 is 11.8 Å². The van der Waals surface area contributed by atoms with E-state index in [1.807, 2.05) is 18.8 Å². The molecular weight excluding hydrogens is 242 g/mol. The quantitative estimate of drug-likeness (QED) is 0.728. The Morgan fingerprint density at radius 1 is 1.28 bits per heavy atom. The second kappa shape index (κ2) is 7.82. The van der Waals surface area contributed by atoms with Crippen LogP contribution >= 0.6 is 11.8 Å². The predicted molar refractivity (Wildman–Crippen MR) is 80.3 cm³/mol. The van der Waals surface area contributed by atoms with E-state index in [2.05, 4.69) is 49.5 Å². The first-order chi connectivity index (χ1) is 8.57. The molecule has 0 spiro atoms. The minimum atomic E-state index is -0.0213. The molecule has 0 bridgehead atoms. The molecule has 102 valence electrons. The van der Waals surface area contributed by atoms with Gasteiger partial charge in [0.15, 0.2) is 0 Å². The van der Waals surface area contributed by atoms with Gasteiger partial charge in [-0.3, -0.25) is 0 Å². The van der Waals surface area contributed by atoms with Gasteiger partial charge in [-0.05, 0) is 45.9 Å². The van der Waals surface area contributed by atoms with E-state index >= 15 is 0 Å². The zero-order chi connectivity index (χ0) is 13.4. The SMILES string of the molecule is CNC(CCC(C)(C)OC)CSc1ccccc1. The van der Waals surface area contributed by atoms with Gasteiger partial charge in [-0.1, -0.05) is 18.2 Å². The molecule has 0 fully saturated rings. The fraction of sp³-hybridized carbons (Fsp3) is 0.600. The Morgan fingerprint density at radius 3 is 2.50 bits per heavy atom. The van der Waals surface area contributed by atoms with Gasteiger partial charge in [-0.25, -0.2) is 0 Å². The van der Waals surface area contributed by atoms with Crippen LogP contribution in [-0.4, -0.2) is 31.6 Å². The maximum absolute atomic E-state index is 5.46. The molecule has 0 aliphatic rings. The fourth-order valence-corrected chi connectivity index (χ4v) is 2.72. The van der Waals surface area contributed by atoms with Gasteiger partial charge in [0.25, 0.3) is 0 Å². The summed E-state index contributed by atoms with van der Waals surface area (Å²) in [6.07, 6.45) is 2.21. The van der Waals surface area contributed by atoms with Crippen molar-refractivity contribution in [3.8, 4) is 0 Å². The first-order valence-electron chi connectivity index (χ1n) is 6.47. The Bertz CT molecular complexity index is 327. The third-order valence-electron chi connectivity index (χ3n) is 3.25. The largest absolute Gasteiger partial charge is 0.379 e. The highest BCUT2D eigenvalue weighted by atomic mass is 32.2. The lowest BCUT2D eigenvalue weighted by molar-refractivity contribution is 0.0123. The van der Waals surface area contributed by atoms with Gasteiger partial charge in [0.1, 0.15) is 0 Å². The number of rotatable bonds is 8. The molecule has 0 radical (unpaired) electrons. The molecular formula is C15H25NOS. The molecule has 0 aliphatic carbocycles. The topological polar surface area (TPSA) is 21.3 Å². The molecule has 1 atom stereocenters. The lowest BCUT2D eigenvalue weighted by Crippen LogP contribution is -2.32. The number of nitrogens with one attached hydrogen (secondary N) is 1. The summed E-state index contributed by atoms with van der Waals surface area (Å²) in [7, 11) is 3.82. The third kappa shape index (κ3) is 5.89. The standard InChI is InChI=1S/C15H25NOS/c1-15(2,17-4)11-10-13(16-3)12-18-14-8-6-5-7-9-14/h5-9,13,16H,10-12H2,1-4H3. The first-order valence-corrected chi connectivity index (χ1v) is 7.46. The normalized spacial score (nSPS) is 13.6. The molecule has 3 heteroatoms. The average Bonchev–Trinajstić information content (AvgIpc) is 2.40. The maximum Gasteiger partial charge on any atom is 0.0623 e. The van der Waals surface area contributed by atoms with Crippen molar-refractivity contribution in [1.82, 2.24) is 5.32 Å². The molecule has 1 rings (SSSR count). The van der Waals surface area contributed by atoms with Gasteiger partial charge < -0.3 is 10.1 Å². The van der Waals surface area contributed by atoms with Crippen LogP contribution in [-0.2, 0) is 4.74 Å². The van der Waals surface area contributed by atoms with Crippen molar-refractivity contribution in [3.63, 3.8) is 0 Å². The molecule has 1 aromatic carbocycles. The van der Waals surface area contributed by atoms with E-state index < -0.39 is 0 Å². The summed E-state index contributed by atoms with van der Waals surface area (Å²) < 4.78 is 5.46. The van der Waals surface area contributed by atoms with Crippen LogP contribution in [0.15, 0.2) is 35.2 Å². The number of methoxy groups -OCH3 is 1. The van der Waals surface area contributed by atoms with Crippen LogP contribution in [0.3, 0.4) is 0 Å². The molecule has 1 aromatic rings. The zero-order valence-electron chi connectivity index (χ0n) is 11.9. The monoisotopic (exact) mass is 267 g/mol. The van der Waals surface area contributed by atoms with Gasteiger partial charge in [0, 0.05) is 23.8 Å². The smallest absolute Gasteiger partial charge is 0.0623 e. The van der Waals surface area contributed by atoms with Crippen molar-refractivity contribution in [2.45, 2.75) is 43.2 Å². The van der Waals surface area contributed by atoms with Gasteiger partial charge in [-0.15, -0.1) is 11.8 Å². The number of benzene rings is 1. The first kappa shape index (κ1) is 15.5. The summed E-state index contributed by atoms with van der Waals surface area (Å²) in [6.45, 7) is 4.29. The van der Waals surface area contributed by atoms with E-state index in [-0.39, 0.29) is 5.60 Å². The Hall–Kier alpha value is -0.510. The highest BCUT2D eigenvalue weighted by molar-refractivity contribution is 7.99. The second-order valence-electron chi connectivity index (χ2n) is 5.11. The summed E-state index contributed by atoms with van der Waals surface area (Å²) in [5, 5.41) is 3.39. The predicted octanol–water partition coefficient (Wildman–Crippen LogP) is 3.57. The van der Waals surface area contributed by atoms with E-state index in [4.69, 9.17) is 4.74 Å². The summed E-state index contributed by atoms with van der Waals surface area (Å²) in [5.74, 6) is 1.10. The van der Waals surface area contributed by atoms with Gasteiger partial charge in [0.05, 0.1) is 5.60 Å². The van der Waals surface area contributed by atoms with Crippen LogP contribution in [0, 0.1) is 0 Å². The van der Waals surface area contributed by atoms with E-state index in [1.54, 1.807) is 7.11 Å². The molecule has 0 heterocycles. The highest BCUT2D eigenvalue weighted by Crippen LogP contribution is 2.22. The van der Waals surface area contributed by atoms with Crippen molar-refractivity contribution < 1.29 is 4.74 Å². The van der Waals surface area contributed by atoms with E-state index in [0.29, 0.717) is 6.04 Å². The fourth-order valence-electron chi connectivity index (χ4n) is 1.65. The number of hydrogen-bond acceptors (Lipinski definition) is 3. The van der Waals surface area contributed by atoms with Crippen molar-refractivity contribution in [3.05, 3.63) is 30.3 Å². The van der Waals surface area contributed by atoms with Crippen LogP contribution in [0.4, 0.5) is 0 Å². The van der Waals surface area contributed by atoms with Crippen molar-refractivity contribution in [2.24, 2.45) is 0 Å². The molecule has 1 unspecified atom stereocenters. The average molecular weight is 267 g/mol. The van der Waals surface area contributed by atoms with Crippen LogP contribution in [0.25, 0.3) is 0 Å². The summed E-state index contributed by atoms with van der Waals surface area (Å²) >= 11 is 1.91. The summed E-state index contributed by atoms with van der Waals surface area (Å²) in [5.41, 5.74) is -0.0213. The van der Waals surface area contributed by atoms with Crippen LogP contribution in [0.1, 0.15) is 26.7 Å². The van der Waals surface area contributed by atoms with E-state index in [9.17, 15) is 0 Å². The molecule has 18 heavy (non-hydrogen) atoms. The Kier molecular flexibility index (Phi) is 6.76. The number of ether oxygens (including phenoxy) is 1. The maximum atomic E-state index is 5.46. The van der Waals surface area contributed by atoms with Gasteiger partial charge >= 0.3 is 0 Å². The van der Waals surface area contributed by atoms with E-state index in [1.165, 1.54) is 4.90 Å². The molecule has 0 aromatic heterocycles. The zero-order valence-corrected chi connectivity index (χ0v) is 12.7. The minimum absolute atomic E-state index is 0.0213. The highest BCUT2D eigenvalue weighted by Gasteiger charge is 2.18. The molecule has 1 N–H and O–H groups in total. The van der Waals surface area contributed by atoms with Crippen LogP contribution in [0.2, 0.25) is 0 Å². The number of thioether (sulfide) groups is 1. The molecule has 0 aliphatic heterocycles. The lowest BCUT2D eigenvalue weighted by Gasteiger charge is -2.25. The van der Waals surface area contributed by atoms with Crippen LogP contribution in [0.5, 0.6) is 0 Å². The van der Waals surface area contributed by atoms with Gasteiger partial charge in [0.2, 0.25) is 0 Å². The van der Waals surface area contributed by atoms with Crippen molar-refractivity contribution in [2.75, 3.05) is 19.9 Å². The second-order valence-corrected chi connectivity index (χ2v) is 6.21. The number of hydrogen-bond donors (Lipinski definition) is 1. The van der Waals surface area contributed by atoms with Crippen molar-refractivity contribution in [1.29, 1.82) is 0 Å². The molecule has 0 saturated heterocycles. The minimum Gasteiger partial charge on any atom is -0.379 e. The third-order valence-corrected chi connectivity index (χ3v) is 4.42. The summed E-state index contributed by atoms with van der Waals surface area (Å²) in [6, 6.07) is 11.1. The molecule has 0 amide bonds.